The lowest BCUT2D eigenvalue weighted by Gasteiger charge is -2.32. The van der Waals surface area contributed by atoms with Gasteiger partial charge in [0, 0.05) is 42.5 Å². The Kier molecular flexibility index (Phi) is 5.36. The van der Waals surface area contributed by atoms with Crippen molar-refractivity contribution in [3.05, 3.63) is 90.4 Å². The van der Waals surface area contributed by atoms with E-state index >= 15 is 0 Å². The number of hydrogen-bond donors (Lipinski definition) is 1. The number of hydrogen-bond acceptors (Lipinski definition) is 5. The Balaban J connectivity index is 1.28. The first-order valence-electron chi connectivity index (χ1n) is 10.5. The first kappa shape index (κ1) is 18.7. The number of nitrogens with zero attached hydrogens (tertiary/aromatic N) is 4. The molecule has 0 bridgehead atoms. The molecule has 1 saturated heterocycles. The van der Waals surface area contributed by atoms with Crippen LogP contribution in [0.5, 0.6) is 0 Å². The highest BCUT2D eigenvalue weighted by atomic mass is 15.1. The second-order valence-electron chi connectivity index (χ2n) is 7.89. The molecule has 0 unspecified atom stereocenters. The fraction of sp³-hybridized carbons (Fsp3) is 0.240. The van der Waals surface area contributed by atoms with Gasteiger partial charge in [0.05, 0.1) is 5.52 Å². The fourth-order valence-corrected chi connectivity index (χ4v) is 4.24. The number of piperidine rings is 1. The highest BCUT2D eigenvalue weighted by Gasteiger charge is 2.22. The lowest BCUT2D eigenvalue weighted by atomic mass is 9.94. The zero-order valence-electron chi connectivity index (χ0n) is 16.9. The summed E-state index contributed by atoms with van der Waals surface area (Å²) in [4.78, 5) is 16.2. The van der Waals surface area contributed by atoms with E-state index in [0.717, 1.165) is 42.5 Å². The van der Waals surface area contributed by atoms with Gasteiger partial charge in [-0.25, -0.2) is 9.97 Å². The molecule has 4 aromatic rings. The molecule has 1 atom stereocenters. The van der Waals surface area contributed by atoms with Gasteiger partial charge in [0.2, 0.25) is 0 Å². The maximum Gasteiger partial charge on any atom is 0.131 e. The molecule has 5 nitrogen and oxygen atoms in total. The summed E-state index contributed by atoms with van der Waals surface area (Å²) >= 11 is 0. The summed E-state index contributed by atoms with van der Waals surface area (Å²) < 4.78 is 0. The summed E-state index contributed by atoms with van der Waals surface area (Å²) in [5.74, 6) is 2.12. The molecule has 3 aromatic heterocycles. The summed E-state index contributed by atoms with van der Waals surface area (Å²) in [7, 11) is 0. The Morgan fingerprint density at radius 2 is 1.83 bits per heavy atom. The van der Waals surface area contributed by atoms with Gasteiger partial charge in [0.25, 0.3) is 0 Å². The number of benzene rings is 1. The van der Waals surface area contributed by atoms with Crippen LogP contribution in [0.15, 0.2) is 79.1 Å². The van der Waals surface area contributed by atoms with Crippen LogP contribution in [0.3, 0.4) is 0 Å². The highest BCUT2D eigenvalue weighted by molar-refractivity contribution is 5.78. The van der Waals surface area contributed by atoms with Crippen LogP contribution in [-0.2, 0) is 6.54 Å². The van der Waals surface area contributed by atoms with Gasteiger partial charge in [0.1, 0.15) is 11.6 Å². The molecule has 1 fully saturated rings. The molecule has 0 aliphatic carbocycles. The highest BCUT2D eigenvalue weighted by Crippen LogP contribution is 2.28. The van der Waals surface area contributed by atoms with Gasteiger partial charge in [0.15, 0.2) is 0 Å². The zero-order valence-corrected chi connectivity index (χ0v) is 16.9. The van der Waals surface area contributed by atoms with Crippen LogP contribution in [0.4, 0.5) is 11.6 Å². The van der Waals surface area contributed by atoms with Crippen molar-refractivity contribution in [3.8, 4) is 0 Å². The van der Waals surface area contributed by atoms with Crippen LogP contribution in [-0.4, -0.2) is 32.9 Å². The number of rotatable bonds is 5. The first-order valence-corrected chi connectivity index (χ1v) is 10.5. The number of pyridine rings is 3. The summed E-state index contributed by atoms with van der Waals surface area (Å²) in [5.41, 5.74) is 3.55. The minimum atomic E-state index is 0.450. The molecule has 0 radical (unpaired) electrons. The van der Waals surface area contributed by atoms with Crippen molar-refractivity contribution >= 4 is 22.5 Å². The molecule has 0 saturated carbocycles. The van der Waals surface area contributed by atoms with Crippen molar-refractivity contribution in [3.63, 3.8) is 0 Å². The third-order valence-corrected chi connectivity index (χ3v) is 5.69. The largest absolute Gasteiger partial charge is 0.325 e. The van der Waals surface area contributed by atoms with E-state index in [-0.39, 0.29) is 0 Å². The smallest absolute Gasteiger partial charge is 0.131 e. The lowest BCUT2D eigenvalue weighted by molar-refractivity contribution is 0.198. The van der Waals surface area contributed by atoms with Gasteiger partial charge >= 0.3 is 0 Å². The number of aromatic nitrogens is 3. The molecule has 0 amide bonds. The molecule has 0 spiro atoms. The van der Waals surface area contributed by atoms with E-state index in [0.29, 0.717) is 5.92 Å². The van der Waals surface area contributed by atoms with Crippen molar-refractivity contribution < 1.29 is 0 Å². The first-order chi connectivity index (χ1) is 14.8. The molecule has 5 rings (SSSR count). The van der Waals surface area contributed by atoms with E-state index in [9.17, 15) is 0 Å². The Morgan fingerprint density at radius 1 is 0.900 bits per heavy atom. The van der Waals surface area contributed by atoms with E-state index < -0.39 is 0 Å². The lowest BCUT2D eigenvalue weighted by Crippen LogP contribution is -2.34. The average Bonchev–Trinajstić information content (AvgIpc) is 2.80. The Hall–Kier alpha value is -3.31. The van der Waals surface area contributed by atoms with Gasteiger partial charge in [-0.2, -0.15) is 0 Å². The quantitative estimate of drug-likeness (QED) is 0.507. The van der Waals surface area contributed by atoms with Crippen LogP contribution in [0, 0.1) is 0 Å². The molecular weight excluding hydrogens is 370 g/mol. The maximum absolute atomic E-state index is 4.89. The molecule has 4 heterocycles. The predicted octanol–water partition coefficient (Wildman–Crippen LogP) is 5.15. The third kappa shape index (κ3) is 4.31. The van der Waals surface area contributed by atoms with E-state index in [1.165, 1.54) is 23.8 Å². The van der Waals surface area contributed by atoms with Crippen molar-refractivity contribution in [2.75, 3.05) is 18.4 Å². The van der Waals surface area contributed by atoms with E-state index in [1.807, 2.05) is 36.5 Å². The summed E-state index contributed by atoms with van der Waals surface area (Å²) in [6, 6.07) is 22.8. The normalized spacial score (nSPS) is 17.1. The molecule has 30 heavy (non-hydrogen) atoms. The van der Waals surface area contributed by atoms with Crippen LogP contribution < -0.4 is 5.32 Å². The van der Waals surface area contributed by atoms with Crippen molar-refractivity contribution in [1.82, 2.24) is 19.9 Å². The zero-order chi connectivity index (χ0) is 20.2. The van der Waals surface area contributed by atoms with Crippen molar-refractivity contribution in [2.45, 2.75) is 25.3 Å². The maximum atomic E-state index is 4.89. The van der Waals surface area contributed by atoms with Gasteiger partial charge in [-0.3, -0.25) is 9.88 Å². The van der Waals surface area contributed by atoms with E-state index in [1.54, 1.807) is 6.20 Å². The Bertz CT molecular complexity index is 1130. The monoisotopic (exact) mass is 395 g/mol. The SMILES string of the molecule is c1ccc(Nc2cccc([C@@H]3CCCN(Cc4ccc5ncccc5c4)C3)n2)nc1. The fourth-order valence-electron chi connectivity index (χ4n) is 4.24. The standard InChI is InChI=1S/C25H25N5/c1-2-13-27-24(9-1)29-25-10-3-8-23(28-25)21-7-5-15-30(18-21)17-19-11-12-22-20(16-19)6-4-14-26-22/h1-4,6,8-14,16,21H,5,7,15,17-18H2,(H,27,28,29)/t21-/m1/s1. The van der Waals surface area contributed by atoms with Gasteiger partial charge < -0.3 is 5.32 Å². The molecule has 150 valence electrons. The molecule has 1 N–H and O–H groups in total. The topological polar surface area (TPSA) is 53.9 Å². The second kappa shape index (κ2) is 8.59. The minimum Gasteiger partial charge on any atom is -0.325 e. The van der Waals surface area contributed by atoms with Crippen LogP contribution in [0.1, 0.15) is 30.0 Å². The Labute approximate surface area is 176 Å². The van der Waals surface area contributed by atoms with Crippen LogP contribution in [0.2, 0.25) is 0 Å². The average molecular weight is 396 g/mol. The number of anilines is 2. The second-order valence-corrected chi connectivity index (χ2v) is 7.89. The summed E-state index contributed by atoms with van der Waals surface area (Å²) in [6.07, 6.45) is 6.01. The van der Waals surface area contributed by atoms with Crippen molar-refractivity contribution in [2.24, 2.45) is 0 Å². The molecular formula is C25H25N5. The van der Waals surface area contributed by atoms with Gasteiger partial charge in [-0.15, -0.1) is 0 Å². The Morgan fingerprint density at radius 3 is 2.77 bits per heavy atom. The number of likely N-dealkylation sites (tertiary alicyclic amines) is 1. The molecule has 1 aliphatic rings. The predicted molar refractivity (Wildman–Crippen MR) is 121 cm³/mol. The molecule has 1 aliphatic heterocycles. The van der Waals surface area contributed by atoms with Crippen LogP contribution in [0.25, 0.3) is 10.9 Å². The van der Waals surface area contributed by atoms with Crippen LogP contribution >= 0.6 is 0 Å². The van der Waals surface area contributed by atoms with E-state index in [4.69, 9.17) is 4.98 Å². The third-order valence-electron chi connectivity index (χ3n) is 5.69. The van der Waals surface area contributed by atoms with Gasteiger partial charge in [-0.1, -0.05) is 24.3 Å². The number of nitrogens with one attached hydrogen (secondary N) is 1. The summed E-state index contributed by atoms with van der Waals surface area (Å²) in [6.45, 7) is 3.13. The summed E-state index contributed by atoms with van der Waals surface area (Å²) in [5, 5.41) is 4.52. The minimum absolute atomic E-state index is 0.450. The van der Waals surface area contributed by atoms with E-state index in [2.05, 4.69) is 56.6 Å². The molecule has 5 heteroatoms. The van der Waals surface area contributed by atoms with Gasteiger partial charge in [-0.05, 0) is 67.4 Å². The van der Waals surface area contributed by atoms with Crippen molar-refractivity contribution in [1.29, 1.82) is 0 Å². The molecule has 1 aromatic carbocycles. The number of fused-ring (bicyclic) bond motifs is 1.